The van der Waals surface area contributed by atoms with Crippen molar-refractivity contribution >= 4 is 23.2 Å². The Morgan fingerprint density at radius 2 is 0.957 bits per heavy atom. The fourth-order valence-electron chi connectivity index (χ4n) is 3.16. The van der Waals surface area contributed by atoms with Crippen molar-refractivity contribution in [3.8, 4) is 0 Å². The van der Waals surface area contributed by atoms with Gasteiger partial charge in [0.1, 0.15) is 23.2 Å². The van der Waals surface area contributed by atoms with Crippen LogP contribution in [0.25, 0.3) is 0 Å². The van der Waals surface area contributed by atoms with E-state index < -0.39 is 7.26 Å². The topological polar surface area (TPSA) is 12.0 Å². The molecule has 116 valence electrons. The van der Waals surface area contributed by atoms with E-state index in [0.29, 0.717) is 0 Å². The largest absolute Gasteiger partial charge is 0.316 e. The van der Waals surface area contributed by atoms with Gasteiger partial charge in [0.25, 0.3) is 0 Å². The highest BCUT2D eigenvalue weighted by Gasteiger charge is 2.44. The van der Waals surface area contributed by atoms with Gasteiger partial charge in [0.05, 0.1) is 6.16 Å². The van der Waals surface area contributed by atoms with E-state index in [4.69, 9.17) is 0 Å². The fourth-order valence-corrected chi connectivity index (χ4v) is 7.43. The minimum atomic E-state index is -1.63. The van der Waals surface area contributed by atoms with Gasteiger partial charge in [-0.1, -0.05) is 54.6 Å². The van der Waals surface area contributed by atoms with Crippen LogP contribution in [0.5, 0.6) is 0 Å². The van der Waals surface area contributed by atoms with Crippen LogP contribution in [0.1, 0.15) is 0 Å². The maximum Gasteiger partial charge on any atom is 0.113 e. The van der Waals surface area contributed by atoms with Crippen molar-refractivity contribution in [2.24, 2.45) is 0 Å². The van der Waals surface area contributed by atoms with E-state index in [2.05, 4.69) is 96.3 Å². The monoisotopic (exact) mass is 320 g/mol. The molecule has 0 aliphatic heterocycles. The Kier molecular flexibility index (Phi) is 5.23. The molecule has 0 unspecified atom stereocenters. The van der Waals surface area contributed by atoms with Gasteiger partial charge >= 0.3 is 0 Å². The molecule has 0 amide bonds. The van der Waals surface area contributed by atoms with Crippen molar-refractivity contribution in [1.29, 1.82) is 0 Å². The van der Waals surface area contributed by atoms with Gasteiger partial charge in [0, 0.05) is 6.54 Å². The van der Waals surface area contributed by atoms with Crippen molar-refractivity contribution in [3.05, 3.63) is 91.0 Å². The van der Waals surface area contributed by atoms with Crippen molar-refractivity contribution in [2.45, 2.75) is 0 Å². The Hall–Kier alpha value is -1.95. The number of hydrogen-bond acceptors (Lipinski definition) is 1. The molecule has 3 rings (SSSR count). The van der Waals surface area contributed by atoms with Gasteiger partial charge in [-0.25, -0.2) is 0 Å². The molecule has 3 aromatic rings. The lowest BCUT2D eigenvalue weighted by Gasteiger charge is -2.27. The summed E-state index contributed by atoms with van der Waals surface area (Å²) in [4.78, 5) is 0. The van der Waals surface area contributed by atoms with Gasteiger partial charge in [-0.2, -0.15) is 0 Å². The number of hydrogen-bond donors (Lipinski definition) is 1. The smallest absolute Gasteiger partial charge is 0.113 e. The molecule has 0 aromatic heterocycles. The van der Waals surface area contributed by atoms with Gasteiger partial charge < -0.3 is 5.32 Å². The second kappa shape index (κ2) is 7.55. The molecule has 0 atom stereocenters. The van der Waals surface area contributed by atoms with Crippen LogP contribution < -0.4 is 21.2 Å². The van der Waals surface area contributed by atoms with Crippen molar-refractivity contribution in [1.82, 2.24) is 5.32 Å². The Labute approximate surface area is 139 Å². The second-order valence-corrected chi connectivity index (χ2v) is 9.26. The maximum absolute atomic E-state index is 3.36. The first-order valence-electron chi connectivity index (χ1n) is 8.07. The molecule has 3 aromatic carbocycles. The summed E-state index contributed by atoms with van der Waals surface area (Å²) in [5.41, 5.74) is 0. The highest BCUT2D eigenvalue weighted by atomic mass is 31.2. The number of nitrogens with one attached hydrogen (secondary N) is 1. The summed E-state index contributed by atoms with van der Waals surface area (Å²) >= 11 is 0. The van der Waals surface area contributed by atoms with Crippen molar-refractivity contribution in [3.63, 3.8) is 0 Å². The molecule has 1 nitrogen and oxygen atoms in total. The molecule has 0 saturated carbocycles. The molecule has 0 aliphatic carbocycles. The highest BCUT2D eigenvalue weighted by molar-refractivity contribution is 7.95. The zero-order valence-corrected chi connectivity index (χ0v) is 14.4. The molecule has 0 spiro atoms. The Balaban J connectivity index is 2.25. The van der Waals surface area contributed by atoms with Crippen LogP contribution >= 0.6 is 7.26 Å². The molecule has 0 fully saturated rings. The molecule has 2 heteroatoms. The Bertz CT molecular complexity index is 614. The van der Waals surface area contributed by atoms with Crippen LogP contribution in [-0.2, 0) is 0 Å². The van der Waals surface area contributed by atoms with E-state index >= 15 is 0 Å². The van der Waals surface area contributed by atoms with Crippen LogP contribution in [0.2, 0.25) is 0 Å². The van der Waals surface area contributed by atoms with Crippen LogP contribution in [0, 0.1) is 0 Å². The van der Waals surface area contributed by atoms with Crippen molar-refractivity contribution in [2.75, 3.05) is 19.8 Å². The molecule has 0 radical (unpaired) electrons. The van der Waals surface area contributed by atoms with E-state index in [-0.39, 0.29) is 0 Å². The summed E-state index contributed by atoms with van der Waals surface area (Å²) in [5.74, 6) is 0. The van der Waals surface area contributed by atoms with Gasteiger partial charge in [0.2, 0.25) is 0 Å². The summed E-state index contributed by atoms with van der Waals surface area (Å²) in [7, 11) is 0.405. The van der Waals surface area contributed by atoms with Crippen LogP contribution in [0.4, 0.5) is 0 Å². The third kappa shape index (κ3) is 3.22. The lowest BCUT2D eigenvalue weighted by molar-refractivity contribution is 0.868. The third-order valence-corrected chi connectivity index (χ3v) is 8.72. The van der Waals surface area contributed by atoms with E-state index in [9.17, 15) is 0 Å². The first-order valence-corrected chi connectivity index (χ1v) is 10.0. The average molecular weight is 320 g/mol. The zero-order chi connectivity index (χ0) is 16.0. The van der Waals surface area contributed by atoms with E-state index in [1.807, 2.05) is 7.05 Å². The Morgan fingerprint density at radius 3 is 1.26 bits per heavy atom. The molecular weight excluding hydrogens is 297 g/mol. The standard InChI is InChI=1S/C21H23NP/c1-22-17-18-23(19-11-5-2-6-12-19,20-13-7-3-8-14-20)21-15-9-4-10-16-21/h2-16,22H,17-18H2,1H3/q+1. The number of rotatable bonds is 6. The normalized spacial score (nSPS) is 11.3. The minimum Gasteiger partial charge on any atom is -0.316 e. The van der Waals surface area contributed by atoms with E-state index in [1.54, 1.807) is 0 Å². The number of benzene rings is 3. The second-order valence-electron chi connectivity index (χ2n) is 5.64. The maximum atomic E-state index is 3.36. The molecule has 23 heavy (non-hydrogen) atoms. The quantitative estimate of drug-likeness (QED) is 0.688. The van der Waals surface area contributed by atoms with Crippen LogP contribution in [0.15, 0.2) is 91.0 Å². The first kappa shape index (κ1) is 15.9. The molecule has 1 N–H and O–H groups in total. The van der Waals surface area contributed by atoms with Gasteiger partial charge in [0.15, 0.2) is 0 Å². The van der Waals surface area contributed by atoms with Gasteiger partial charge in [-0.3, -0.25) is 0 Å². The highest BCUT2D eigenvalue weighted by Crippen LogP contribution is 2.54. The fraction of sp³-hybridized carbons (Fsp3) is 0.143. The molecule has 0 aliphatic rings. The molecule has 0 heterocycles. The predicted octanol–water partition coefficient (Wildman–Crippen LogP) is 3.20. The summed E-state index contributed by atoms with van der Waals surface area (Å²) in [6, 6.07) is 33.1. The first-order chi connectivity index (χ1) is 11.4. The van der Waals surface area contributed by atoms with Gasteiger partial charge in [-0.05, 0) is 43.4 Å². The molecule has 0 bridgehead atoms. The zero-order valence-electron chi connectivity index (χ0n) is 13.5. The van der Waals surface area contributed by atoms with Crippen LogP contribution in [0.3, 0.4) is 0 Å². The lowest BCUT2D eigenvalue weighted by atomic mass is 10.4. The predicted molar refractivity (Wildman–Crippen MR) is 104 cm³/mol. The molecule has 0 saturated heterocycles. The van der Waals surface area contributed by atoms with Crippen LogP contribution in [-0.4, -0.2) is 19.8 Å². The minimum absolute atomic E-state index is 1.01. The summed E-state index contributed by atoms with van der Waals surface area (Å²) < 4.78 is 0. The lowest BCUT2D eigenvalue weighted by Crippen LogP contribution is -2.36. The average Bonchev–Trinajstić information content (AvgIpc) is 2.65. The Morgan fingerprint density at radius 1 is 0.609 bits per heavy atom. The SMILES string of the molecule is CNCC[P+](c1ccccc1)(c1ccccc1)c1ccccc1. The van der Waals surface area contributed by atoms with E-state index in [1.165, 1.54) is 15.9 Å². The van der Waals surface area contributed by atoms with E-state index in [0.717, 1.165) is 12.7 Å². The summed E-state index contributed by atoms with van der Waals surface area (Å²) in [5, 5.41) is 7.71. The summed E-state index contributed by atoms with van der Waals surface area (Å²) in [6.45, 7) is 1.01. The molecular formula is C21H23NP+. The third-order valence-electron chi connectivity index (χ3n) is 4.29. The van der Waals surface area contributed by atoms with Gasteiger partial charge in [-0.15, -0.1) is 0 Å². The van der Waals surface area contributed by atoms with Crippen molar-refractivity contribution < 1.29 is 0 Å². The summed E-state index contributed by atoms with van der Waals surface area (Å²) in [6.07, 6.45) is 1.13.